The molecule has 0 fully saturated rings. The van der Waals surface area contributed by atoms with Gasteiger partial charge in [0.25, 0.3) is 0 Å². The van der Waals surface area contributed by atoms with Crippen LogP contribution in [0.15, 0.2) is 88.8 Å². The van der Waals surface area contributed by atoms with Gasteiger partial charge in [0.1, 0.15) is 0 Å². The molecule has 27 heavy (non-hydrogen) atoms. The molecule has 0 aliphatic rings. The third-order valence-electron chi connectivity index (χ3n) is 4.15. The first-order chi connectivity index (χ1) is 12.9. The summed E-state index contributed by atoms with van der Waals surface area (Å²) in [4.78, 5) is 5.07. The number of sulfonamides is 1. The van der Waals surface area contributed by atoms with E-state index in [1.54, 1.807) is 12.1 Å². The Balaban J connectivity index is 2.18. The predicted molar refractivity (Wildman–Crippen MR) is 110 cm³/mol. The van der Waals surface area contributed by atoms with Crippen molar-refractivity contribution in [3.63, 3.8) is 0 Å². The highest BCUT2D eigenvalue weighted by Crippen LogP contribution is 2.25. The van der Waals surface area contributed by atoms with Crippen LogP contribution < -0.4 is 0 Å². The van der Waals surface area contributed by atoms with Crippen LogP contribution in [-0.2, 0) is 10.0 Å². The third kappa shape index (κ3) is 4.32. The van der Waals surface area contributed by atoms with Crippen molar-refractivity contribution in [2.75, 3.05) is 14.1 Å². The van der Waals surface area contributed by atoms with Crippen LogP contribution in [0.3, 0.4) is 0 Å². The van der Waals surface area contributed by atoms with Gasteiger partial charge in [-0.25, -0.2) is 17.7 Å². The molecule has 3 aromatic carbocycles. The number of hydrogen-bond acceptors (Lipinski definition) is 3. The van der Waals surface area contributed by atoms with Gasteiger partial charge in [0.15, 0.2) is 0 Å². The van der Waals surface area contributed by atoms with Gasteiger partial charge < -0.3 is 0 Å². The standard InChI is InChI=1S/C22H22N2O2S/c1-17-14-20(16-21(15-17)27(25,26)24(2)3)23-22(18-10-6-4-7-11-18)19-12-8-5-9-13-19/h4-16H,1-3H3. The van der Waals surface area contributed by atoms with E-state index in [0.717, 1.165) is 22.4 Å². The molecule has 0 bridgehead atoms. The Hall–Kier alpha value is -2.76. The highest BCUT2D eigenvalue weighted by atomic mass is 32.2. The van der Waals surface area contributed by atoms with Crippen LogP contribution in [-0.4, -0.2) is 32.5 Å². The van der Waals surface area contributed by atoms with Crippen molar-refractivity contribution in [3.05, 3.63) is 95.6 Å². The SMILES string of the molecule is Cc1cc(N=C(c2ccccc2)c2ccccc2)cc(S(=O)(=O)N(C)C)c1. The molecule has 138 valence electrons. The van der Waals surface area contributed by atoms with Crippen LogP contribution in [0, 0.1) is 6.92 Å². The van der Waals surface area contributed by atoms with Crippen molar-refractivity contribution in [2.24, 2.45) is 4.99 Å². The molecule has 3 rings (SSSR count). The lowest BCUT2D eigenvalue weighted by Crippen LogP contribution is -2.22. The van der Waals surface area contributed by atoms with Gasteiger partial charge in [0.2, 0.25) is 10.0 Å². The lowest BCUT2D eigenvalue weighted by Gasteiger charge is -2.13. The molecule has 0 aromatic heterocycles. The number of aliphatic imine (C=N–C) groups is 1. The zero-order chi connectivity index (χ0) is 19.4. The molecule has 0 unspecified atom stereocenters. The summed E-state index contributed by atoms with van der Waals surface area (Å²) in [5, 5.41) is 0. The molecule has 0 saturated carbocycles. The molecule has 0 N–H and O–H groups in total. The largest absolute Gasteiger partial charge is 0.248 e. The van der Waals surface area contributed by atoms with Crippen molar-refractivity contribution in [1.82, 2.24) is 4.31 Å². The second kappa shape index (κ2) is 7.86. The average molecular weight is 378 g/mol. The van der Waals surface area contributed by atoms with Gasteiger partial charge in [-0.2, -0.15) is 0 Å². The highest BCUT2D eigenvalue weighted by Gasteiger charge is 2.18. The summed E-state index contributed by atoms with van der Waals surface area (Å²) in [6, 6.07) is 24.9. The van der Waals surface area contributed by atoms with Crippen molar-refractivity contribution in [1.29, 1.82) is 0 Å². The summed E-state index contributed by atoms with van der Waals surface area (Å²) < 4.78 is 26.3. The number of rotatable bonds is 5. The topological polar surface area (TPSA) is 49.7 Å². The normalized spacial score (nSPS) is 11.4. The first-order valence-corrected chi connectivity index (χ1v) is 10.1. The molecule has 0 radical (unpaired) electrons. The number of aryl methyl sites for hydroxylation is 1. The molecule has 0 atom stereocenters. The molecule has 0 saturated heterocycles. The van der Waals surface area contributed by atoms with Crippen LogP contribution >= 0.6 is 0 Å². The predicted octanol–water partition coefficient (Wildman–Crippen LogP) is 4.41. The van der Waals surface area contributed by atoms with Gasteiger partial charge in [-0.15, -0.1) is 0 Å². The zero-order valence-corrected chi connectivity index (χ0v) is 16.4. The van der Waals surface area contributed by atoms with Crippen LogP contribution in [0.2, 0.25) is 0 Å². The maximum Gasteiger partial charge on any atom is 0.242 e. The maximum atomic E-state index is 12.5. The van der Waals surface area contributed by atoms with E-state index in [0.29, 0.717) is 5.69 Å². The Morgan fingerprint density at radius 1 is 0.815 bits per heavy atom. The summed E-state index contributed by atoms with van der Waals surface area (Å²) >= 11 is 0. The van der Waals surface area contributed by atoms with Gasteiger partial charge >= 0.3 is 0 Å². The van der Waals surface area contributed by atoms with Crippen LogP contribution in [0.1, 0.15) is 16.7 Å². The quantitative estimate of drug-likeness (QED) is 0.617. The Labute approximate surface area is 160 Å². The smallest absolute Gasteiger partial charge is 0.242 e. The van der Waals surface area contributed by atoms with Gasteiger partial charge in [-0.05, 0) is 30.7 Å². The molecular formula is C22H22N2O2S. The molecule has 0 heterocycles. The number of nitrogens with zero attached hydrogens (tertiary/aromatic N) is 2. The Morgan fingerprint density at radius 2 is 1.33 bits per heavy atom. The third-order valence-corrected chi connectivity index (χ3v) is 5.94. The minimum atomic E-state index is -3.52. The van der Waals surface area contributed by atoms with Crippen molar-refractivity contribution < 1.29 is 8.42 Å². The van der Waals surface area contributed by atoms with E-state index >= 15 is 0 Å². The van der Waals surface area contributed by atoms with E-state index < -0.39 is 10.0 Å². The molecule has 0 amide bonds. The average Bonchev–Trinajstić information content (AvgIpc) is 2.67. The van der Waals surface area contributed by atoms with Crippen molar-refractivity contribution in [3.8, 4) is 0 Å². The van der Waals surface area contributed by atoms with Crippen LogP contribution in [0.5, 0.6) is 0 Å². The van der Waals surface area contributed by atoms with Gasteiger partial charge in [-0.1, -0.05) is 60.7 Å². The highest BCUT2D eigenvalue weighted by molar-refractivity contribution is 7.89. The van der Waals surface area contributed by atoms with Gasteiger partial charge in [0, 0.05) is 25.2 Å². The van der Waals surface area contributed by atoms with E-state index in [1.165, 1.54) is 18.4 Å². The van der Waals surface area contributed by atoms with Crippen molar-refractivity contribution >= 4 is 21.4 Å². The fraction of sp³-hybridized carbons (Fsp3) is 0.136. The Morgan fingerprint density at radius 3 is 1.81 bits per heavy atom. The van der Waals surface area contributed by atoms with Crippen molar-refractivity contribution in [2.45, 2.75) is 11.8 Å². The lowest BCUT2D eigenvalue weighted by atomic mass is 10.0. The summed E-state index contributed by atoms with van der Waals surface area (Å²) in [6.07, 6.45) is 0. The molecule has 3 aromatic rings. The van der Waals surface area contributed by atoms with E-state index in [1.807, 2.05) is 73.7 Å². The summed E-state index contributed by atoms with van der Waals surface area (Å²) in [6.45, 7) is 1.87. The van der Waals surface area contributed by atoms with E-state index in [4.69, 9.17) is 4.99 Å². The lowest BCUT2D eigenvalue weighted by molar-refractivity contribution is 0.520. The maximum absolute atomic E-state index is 12.5. The molecule has 5 heteroatoms. The molecule has 0 spiro atoms. The minimum Gasteiger partial charge on any atom is -0.248 e. The molecule has 0 aliphatic carbocycles. The van der Waals surface area contributed by atoms with Crippen LogP contribution in [0.4, 0.5) is 5.69 Å². The monoisotopic (exact) mass is 378 g/mol. The Bertz CT molecular complexity index is 1020. The molecule has 4 nitrogen and oxygen atoms in total. The summed E-state index contributed by atoms with van der Waals surface area (Å²) in [7, 11) is -0.467. The van der Waals surface area contributed by atoms with E-state index in [9.17, 15) is 8.42 Å². The molecule has 0 aliphatic heterocycles. The first-order valence-electron chi connectivity index (χ1n) is 8.62. The number of benzene rings is 3. The number of hydrogen-bond donors (Lipinski definition) is 0. The zero-order valence-electron chi connectivity index (χ0n) is 15.6. The fourth-order valence-corrected chi connectivity index (χ4v) is 3.80. The van der Waals surface area contributed by atoms with Gasteiger partial charge in [0.05, 0.1) is 16.3 Å². The second-order valence-electron chi connectivity index (χ2n) is 6.48. The molecular weight excluding hydrogens is 356 g/mol. The Kier molecular flexibility index (Phi) is 5.54. The summed E-state index contributed by atoms with van der Waals surface area (Å²) in [5.74, 6) is 0. The summed E-state index contributed by atoms with van der Waals surface area (Å²) in [5.41, 5.74) is 4.20. The van der Waals surface area contributed by atoms with E-state index in [2.05, 4.69) is 0 Å². The second-order valence-corrected chi connectivity index (χ2v) is 8.64. The minimum absolute atomic E-state index is 0.242. The van der Waals surface area contributed by atoms with Gasteiger partial charge in [-0.3, -0.25) is 0 Å². The van der Waals surface area contributed by atoms with E-state index in [-0.39, 0.29) is 4.90 Å². The fourth-order valence-electron chi connectivity index (χ4n) is 2.77. The van der Waals surface area contributed by atoms with Crippen LogP contribution in [0.25, 0.3) is 0 Å². The first kappa shape index (κ1) is 19.0.